The number of methoxy groups -OCH3 is 1. The minimum atomic E-state index is -0.473. The third-order valence-electron chi connectivity index (χ3n) is 2.97. The highest BCUT2D eigenvalue weighted by molar-refractivity contribution is 6.30. The fourth-order valence-corrected chi connectivity index (χ4v) is 2.08. The lowest BCUT2D eigenvalue weighted by atomic mass is 10.0. The Bertz CT molecular complexity index is 608. The Morgan fingerprint density at radius 3 is 2.50 bits per heavy atom. The zero-order chi connectivity index (χ0) is 14.5. The highest BCUT2D eigenvalue weighted by Gasteiger charge is 2.12. The zero-order valence-corrected chi connectivity index (χ0v) is 11.8. The standard InChI is InChI=1S/C16H14ClFO2/c1-20-15-4-2-3-12(16(15)18)10-14(19)9-11-5-7-13(17)8-6-11/h2-8H,9-10H2,1H3. The number of carbonyl (C=O) groups is 1. The first-order chi connectivity index (χ1) is 9.60. The molecule has 2 rings (SSSR count). The van der Waals surface area contributed by atoms with E-state index in [4.69, 9.17) is 16.3 Å². The van der Waals surface area contributed by atoms with Gasteiger partial charge in [-0.15, -0.1) is 0 Å². The van der Waals surface area contributed by atoms with E-state index in [-0.39, 0.29) is 24.4 Å². The van der Waals surface area contributed by atoms with Crippen LogP contribution in [0.2, 0.25) is 5.02 Å². The number of rotatable bonds is 5. The van der Waals surface area contributed by atoms with Gasteiger partial charge in [0.05, 0.1) is 7.11 Å². The number of ketones is 1. The molecule has 0 fully saturated rings. The molecule has 4 heteroatoms. The lowest BCUT2D eigenvalue weighted by Crippen LogP contribution is -2.08. The minimum Gasteiger partial charge on any atom is -0.494 e. The highest BCUT2D eigenvalue weighted by Crippen LogP contribution is 2.21. The van der Waals surface area contributed by atoms with Gasteiger partial charge in [0.25, 0.3) is 0 Å². The molecule has 0 aliphatic carbocycles. The zero-order valence-electron chi connectivity index (χ0n) is 11.0. The number of carbonyl (C=O) groups excluding carboxylic acids is 1. The van der Waals surface area contributed by atoms with E-state index in [1.54, 1.807) is 36.4 Å². The Labute approximate surface area is 122 Å². The molecule has 2 aromatic carbocycles. The molecule has 0 radical (unpaired) electrons. The van der Waals surface area contributed by atoms with E-state index >= 15 is 0 Å². The fourth-order valence-electron chi connectivity index (χ4n) is 1.96. The van der Waals surface area contributed by atoms with E-state index in [9.17, 15) is 9.18 Å². The summed E-state index contributed by atoms with van der Waals surface area (Å²) in [4.78, 5) is 12.0. The number of halogens is 2. The molecule has 0 saturated carbocycles. The summed E-state index contributed by atoms with van der Waals surface area (Å²) < 4.78 is 18.8. The van der Waals surface area contributed by atoms with E-state index in [0.717, 1.165) is 5.56 Å². The lowest BCUT2D eigenvalue weighted by Gasteiger charge is -2.07. The third-order valence-corrected chi connectivity index (χ3v) is 3.22. The maximum atomic E-state index is 13.9. The maximum absolute atomic E-state index is 13.9. The first-order valence-electron chi connectivity index (χ1n) is 6.17. The summed E-state index contributed by atoms with van der Waals surface area (Å²) in [5.74, 6) is -0.374. The van der Waals surface area contributed by atoms with Crippen molar-refractivity contribution in [2.75, 3.05) is 7.11 Å². The van der Waals surface area contributed by atoms with Crippen LogP contribution in [0.4, 0.5) is 4.39 Å². The highest BCUT2D eigenvalue weighted by atomic mass is 35.5. The molecular formula is C16H14ClFO2. The number of hydrogen-bond donors (Lipinski definition) is 0. The van der Waals surface area contributed by atoms with Gasteiger partial charge in [-0.25, -0.2) is 4.39 Å². The van der Waals surface area contributed by atoms with Gasteiger partial charge >= 0.3 is 0 Å². The molecule has 0 N–H and O–H groups in total. The monoisotopic (exact) mass is 292 g/mol. The van der Waals surface area contributed by atoms with E-state index < -0.39 is 5.82 Å². The Balaban J connectivity index is 2.06. The van der Waals surface area contributed by atoms with Crippen LogP contribution in [0, 0.1) is 5.82 Å². The lowest BCUT2D eigenvalue weighted by molar-refractivity contribution is -0.117. The minimum absolute atomic E-state index is 0.0473. The average Bonchev–Trinajstić information content (AvgIpc) is 2.44. The summed E-state index contributed by atoms with van der Waals surface area (Å²) >= 11 is 5.78. The Kier molecular flexibility index (Phi) is 4.74. The van der Waals surface area contributed by atoms with E-state index in [0.29, 0.717) is 10.6 Å². The average molecular weight is 293 g/mol. The van der Waals surface area contributed by atoms with E-state index in [1.807, 2.05) is 0 Å². The molecule has 20 heavy (non-hydrogen) atoms. The van der Waals surface area contributed by atoms with Crippen LogP contribution < -0.4 is 4.74 Å². The fraction of sp³-hybridized carbons (Fsp3) is 0.188. The molecular weight excluding hydrogens is 279 g/mol. The number of ether oxygens (including phenoxy) is 1. The molecule has 104 valence electrons. The molecule has 0 spiro atoms. The van der Waals surface area contributed by atoms with Crippen LogP contribution in [-0.2, 0) is 17.6 Å². The molecule has 0 bridgehead atoms. The van der Waals surface area contributed by atoms with Gasteiger partial charge in [0, 0.05) is 17.9 Å². The van der Waals surface area contributed by atoms with Gasteiger partial charge in [0.15, 0.2) is 11.6 Å². The number of benzene rings is 2. The molecule has 0 saturated heterocycles. The van der Waals surface area contributed by atoms with Gasteiger partial charge in [-0.1, -0.05) is 35.9 Å². The van der Waals surface area contributed by atoms with Crippen molar-refractivity contribution in [1.29, 1.82) is 0 Å². The summed E-state index contributed by atoms with van der Waals surface area (Å²) in [6.45, 7) is 0. The predicted octanol–water partition coefficient (Wildman–Crippen LogP) is 3.84. The van der Waals surface area contributed by atoms with Crippen molar-refractivity contribution >= 4 is 17.4 Å². The summed E-state index contributed by atoms with van der Waals surface area (Å²) in [5, 5.41) is 0.625. The summed E-state index contributed by atoms with van der Waals surface area (Å²) in [5.41, 5.74) is 1.21. The van der Waals surface area contributed by atoms with Crippen molar-refractivity contribution in [3.8, 4) is 5.75 Å². The van der Waals surface area contributed by atoms with E-state index in [1.165, 1.54) is 13.2 Å². The molecule has 0 heterocycles. The van der Waals surface area contributed by atoms with Crippen molar-refractivity contribution < 1.29 is 13.9 Å². The topological polar surface area (TPSA) is 26.3 Å². The van der Waals surface area contributed by atoms with Gasteiger partial charge in [-0.05, 0) is 29.3 Å². The van der Waals surface area contributed by atoms with Crippen molar-refractivity contribution in [3.05, 3.63) is 64.4 Å². The second kappa shape index (κ2) is 6.53. The molecule has 0 aliphatic heterocycles. The molecule has 0 aromatic heterocycles. The van der Waals surface area contributed by atoms with Crippen molar-refractivity contribution in [3.63, 3.8) is 0 Å². The van der Waals surface area contributed by atoms with Crippen molar-refractivity contribution in [2.24, 2.45) is 0 Å². The first-order valence-corrected chi connectivity index (χ1v) is 6.55. The largest absolute Gasteiger partial charge is 0.494 e. The summed E-state index contributed by atoms with van der Waals surface area (Å²) in [6, 6.07) is 11.9. The Morgan fingerprint density at radius 1 is 1.15 bits per heavy atom. The summed E-state index contributed by atoms with van der Waals surface area (Å²) in [7, 11) is 1.40. The SMILES string of the molecule is COc1cccc(CC(=O)Cc2ccc(Cl)cc2)c1F. The Hall–Kier alpha value is -1.87. The second-order valence-electron chi connectivity index (χ2n) is 4.45. The van der Waals surface area contributed by atoms with Crippen molar-refractivity contribution in [2.45, 2.75) is 12.8 Å². The van der Waals surface area contributed by atoms with Gasteiger partial charge in [0.1, 0.15) is 5.78 Å². The van der Waals surface area contributed by atoms with Gasteiger partial charge in [-0.3, -0.25) is 4.79 Å². The van der Waals surface area contributed by atoms with Crippen LogP contribution in [0.3, 0.4) is 0 Å². The summed E-state index contributed by atoms with van der Waals surface area (Å²) in [6.07, 6.45) is 0.305. The van der Waals surface area contributed by atoms with Gasteiger partial charge in [0.2, 0.25) is 0 Å². The van der Waals surface area contributed by atoms with Gasteiger partial charge in [-0.2, -0.15) is 0 Å². The molecule has 0 aliphatic rings. The van der Waals surface area contributed by atoms with Crippen LogP contribution >= 0.6 is 11.6 Å². The quantitative estimate of drug-likeness (QED) is 0.837. The van der Waals surface area contributed by atoms with Crippen LogP contribution in [0.25, 0.3) is 0 Å². The predicted molar refractivity (Wildman–Crippen MR) is 76.8 cm³/mol. The molecule has 0 atom stereocenters. The number of Topliss-reactive ketones (excluding diaryl/α,β-unsaturated/α-hetero) is 1. The second-order valence-corrected chi connectivity index (χ2v) is 4.89. The smallest absolute Gasteiger partial charge is 0.168 e. The van der Waals surface area contributed by atoms with Crippen LogP contribution in [0.1, 0.15) is 11.1 Å². The van der Waals surface area contributed by atoms with Crippen molar-refractivity contribution in [1.82, 2.24) is 0 Å². The van der Waals surface area contributed by atoms with Crippen LogP contribution in [0.5, 0.6) is 5.75 Å². The molecule has 2 aromatic rings. The molecule has 0 amide bonds. The van der Waals surface area contributed by atoms with Crippen LogP contribution in [0.15, 0.2) is 42.5 Å². The van der Waals surface area contributed by atoms with Gasteiger partial charge < -0.3 is 4.74 Å². The normalized spacial score (nSPS) is 10.3. The first kappa shape index (κ1) is 14.5. The number of hydrogen-bond acceptors (Lipinski definition) is 2. The Morgan fingerprint density at radius 2 is 1.85 bits per heavy atom. The van der Waals surface area contributed by atoms with Crippen LogP contribution in [-0.4, -0.2) is 12.9 Å². The van der Waals surface area contributed by atoms with E-state index in [2.05, 4.69) is 0 Å². The third kappa shape index (κ3) is 3.58. The maximum Gasteiger partial charge on any atom is 0.168 e. The molecule has 0 unspecified atom stereocenters. The molecule has 2 nitrogen and oxygen atoms in total.